The summed E-state index contributed by atoms with van der Waals surface area (Å²) in [7, 11) is 0. The van der Waals surface area contributed by atoms with Crippen molar-refractivity contribution < 1.29 is 9.26 Å². The first-order valence-corrected chi connectivity index (χ1v) is 5.67. The molecule has 7 heteroatoms. The zero-order valence-electron chi connectivity index (χ0n) is 9.55. The quantitative estimate of drug-likeness (QED) is 0.782. The Labute approximate surface area is 102 Å². The second kappa shape index (κ2) is 4.71. The van der Waals surface area contributed by atoms with Gasteiger partial charge in [0, 0.05) is 18.8 Å². The van der Waals surface area contributed by atoms with Crippen LogP contribution in [-0.4, -0.2) is 34.9 Å². The topological polar surface area (TPSA) is 93.0 Å². The van der Waals surface area contributed by atoms with Crippen LogP contribution in [0.4, 0.5) is 0 Å². The average molecular weight is 248 g/mol. The van der Waals surface area contributed by atoms with Crippen molar-refractivity contribution in [1.82, 2.24) is 20.4 Å². The lowest BCUT2D eigenvalue weighted by molar-refractivity contribution is 0.0734. The third kappa shape index (κ3) is 2.18. The van der Waals surface area contributed by atoms with Crippen LogP contribution in [0, 0.1) is 0 Å². The van der Waals surface area contributed by atoms with Crippen LogP contribution in [0.5, 0.6) is 0 Å². The highest BCUT2D eigenvalue weighted by Crippen LogP contribution is 2.18. The molecule has 0 aromatic carbocycles. The van der Waals surface area contributed by atoms with Crippen molar-refractivity contribution in [2.75, 3.05) is 19.8 Å². The van der Waals surface area contributed by atoms with Crippen molar-refractivity contribution >= 4 is 0 Å². The molecule has 3 rings (SSSR count). The van der Waals surface area contributed by atoms with E-state index in [9.17, 15) is 4.79 Å². The molecule has 2 aromatic rings. The molecule has 0 spiro atoms. The molecule has 1 aliphatic rings. The Hall–Kier alpha value is -1.99. The SMILES string of the molecule is O=c1ccc(-c2nc(C3COCCN3)no2)c[nH]1. The lowest BCUT2D eigenvalue weighted by atomic mass is 10.2. The molecule has 1 atom stereocenters. The standard InChI is InChI=1S/C11H12N4O3/c16-9-2-1-7(5-13-9)11-14-10(15-18-11)8-6-17-4-3-12-8/h1-2,5,8,12H,3-4,6H2,(H,13,16). The van der Waals surface area contributed by atoms with E-state index in [1.54, 1.807) is 12.3 Å². The monoisotopic (exact) mass is 248 g/mol. The normalized spacial score (nSPS) is 19.9. The Kier molecular flexibility index (Phi) is 2.91. The zero-order chi connectivity index (χ0) is 12.4. The van der Waals surface area contributed by atoms with E-state index in [-0.39, 0.29) is 11.6 Å². The number of H-pyrrole nitrogens is 1. The molecular formula is C11H12N4O3. The predicted octanol–water partition coefficient (Wildman–Crippen LogP) is 0.0858. The van der Waals surface area contributed by atoms with E-state index in [1.807, 2.05) is 0 Å². The van der Waals surface area contributed by atoms with E-state index in [2.05, 4.69) is 20.4 Å². The summed E-state index contributed by atoms with van der Waals surface area (Å²) in [6.07, 6.45) is 1.55. The van der Waals surface area contributed by atoms with Crippen molar-refractivity contribution in [3.8, 4) is 11.5 Å². The first-order chi connectivity index (χ1) is 8.83. The summed E-state index contributed by atoms with van der Waals surface area (Å²) in [6.45, 7) is 2.00. The first kappa shape index (κ1) is 11.1. The van der Waals surface area contributed by atoms with Gasteiger partial charge in [0.25, 0.3) is 5.89 Å². The van der Waals surface area contributed by atoms with E-state index >= 15 is 0 Å². The van der Waals surface area contributed by atoms with Crippen molar-refractivity contribution in [2.24, 2.45) is 0 Å². The minimum atomic E-state index is -0.166. The Morgan fingerprint density at radius 1 is 1.39 bits per heavy atom. The number of aromatic amines is 1. The Bertz CT molecular complexity index is 565. The van der Waals surface area contributed by atoms with Gasteiger partial charge in [0.1, 0.15) is 0 Å². The summed E-state index contributed by atoms with van der Waals surface area (Å²) >= 11 is 0. The van der Waals surface area contributed by atoms with E-state index in [0.29, 0.717) is 30.5 Å². The van der Waals surface area contributed by atoms with Crippen molar-refractivity contribution in [1.29, 1.82) is 0 Å². The van der Waals surface area contributed by atoms with E-state index in [0.717, 1.165) is 6.54 Å². The second-order valence-electron chi connectivity index (χ2n) is 3.98. The smallest absolute Gasteiger partial charge is 0.259 e. The van der Waals surface area contributed by atoms with Crippen molar-refractivity contribution in [3.05, 3.63) is 34.5 Å². The Morgan fingerprint density at radius 3 is 3.06 bits per heavy atom. The fourth-order valence-corrected chi connectivity index (χ4v) is 1.77. The predicted molar refractivity (Wildman–Crippen MR) is 61.9 cm³/mol. The number of aromatic nitrogens is 3. The van der Waals surface area contributed by atoms with Crippen LogP contribution in [0.25, 0.3) is 11.5 Å². The summed E-state index contributed by atoms with van der Waals surface area (Å²) in [5.41, 5.74) is 0.519. The molecule has 18 heavy (non-hydrogen) atoms. The molecule has 0 radical (unpaired) electrons. The van der Waals surface area contributed by atoms with Gasteiger partial charge in [-0.05, 0) is 6.07 Å². The van der Waals surface area contributed by atoms with Gasteiger partial charge in [0.2, 0.25) is 5.56 Å². The maximum absolute atomic E-state index is 11.0. The van der Waals surface area contributed by atoms with Gasteiger partial charge in [-0.1, -0.05) is 5.16 Å². The van der Waals surface area contributed by atoms with Crippen LogP contribution in [0.1, 0.15) is 11.9 Å². The molecule has 1 unspecified atom stereocenters. The van der Waals surface area contributed by atoms with E-state index < -0.39 is 0 Å². The summed E-state index contributed by atoms with van der Waals surface area (Å²) in [4.78, 5) is 17.8. The van der Waals surface area contributed by atoms with E-state index in [4.69, 9.17) is 9.26 Å². The van der Waals surface area contributed by atoms with Gasteiger partial charge >= 0.3 is 0 Å². The van der Waals surface area contributed by atoms with Crippen LogP contribution in [0.15, 0.2) is 27.6 Å². The largest absolute Gasteiger partial charge is 0.378 e. The number of hydrogen-bond donors (Lipinski definition) is 2. The van der Waals surface area contributed by atoms with Crippen LogP contribution in [0.2, 0.25) is 0 Å². The molecule has 3 heterocycles. The number of rotatable bonds is 2. The molecule has 0 amide bonds. The molecule has 94 valence electrons. The van der Waals surface area contributed by atoms with Crippen LogP contribution in [0.3, 0.4) is 0 Å². The van der Waals surface area contributed by atoms with Gasteiger partial charge in [-0.2, -0.15) is 4.98 Å². The van der Waals surface area contributed by atoms with Gasteiger partial charge in [-0.3, -0.25) is 4.79 Å². The molecule has 1 aliphatic heterocycles. The minimum absolute atomic E-state index is 0.0426. The molecule has 2 aromatic heterocycles. The molecule has 1 fully saturated rings. The Morgan fingerprint density at radius 2 is 2.33 bits per heavy atom. The molecule has 2 N–H and O–H groups in total. The molecule has 0 bridgehead atoms. The van der Waals surface area contributed by atoms with Gasteiger partial charge in [-0.15, -0.1) is 0 Å². The maximum Gasteiger partial charge on any atom is 0.259 e. The summed E-state index contributed by atoms with van der Waals surface area (Å²) < 4.78 is 10.5. The van der Waals surface area contributed by atoms with Crippen LogP contribution in [-0.2, 0) is 4.74 Å². The van der Waals surface area contributed by atoms with Crippen molar-refractivity contribution in [2.45, 2.75) is 6.04 Å². The lowest BCUT2D eigenvalue weighted by Gasteiger charge is -2.20. The second-order valence-corrected chi connectivity index (χ2v) is 3.98. The minimum Gasteiger partial charge on any atom is -0.378 e. The van der Waals surface area contributed by atoms with Gasteiger partial charge in [0.15, 0.2) is 5.82 Å². The number of ether oxygens (including phenoxy) is 1. The number of morpholine rings is 1. The number of hydrogen-bond acceptors (Lipinski definition) is 6. The fraction of sp³-hybridized carbons (Fsp3) is 0.364. The average Bonchev–Trinajstić information content (AvgIpc) is 2.90. The fourth-order valence-electron chi connectivity index (χ4n) is 1.77. The lowest BCUT2D eigenvalue weighted by Crippen LogP contribution is -2.35. The molecule has 1 saturated heterocycles. The first-order valence-electron chi connectivity index (χ1n) is 5.67. The maximum atomic E-state index is 11.0. The molecule has 7 nitrogen and oxygen atoms in total. The number of nitrogens with one attached hydrogen (secondary N) is 2. The third-order valence-electron chi connectivity index (χ3n) is 2.71. The highest BCUT2D eigenvalue weighted by Gasteiger charge is 2.21. The summed E-state index contributed by atoms with van der Waals surface area (Å²) in [5, 5.41) is 7.16. The van der Waals surface area contributed by atoms with Crippen LogP contribution < -0.4 is 10.9 Å². The van der Waals surface area contributed by atoms with Crippen molar-refractivity contribution in [3.63, 3.8) is 0 Å². The molecule has 0 saturated carbocycles. The highest BCUT2D eigenvalue weighted by atomic mass is 16.5. The highest BCUT2D eigenvalue weighted by molar-refractivity contribution is 5.50. The zero-order valence-corrected chi connectivity index (χ0v) is 9.55. The number of nitrogens with zero attached hydrogens (tertiary/aromatic N) is 2. The summed E-state index contributed by atoms with van der Waals surface area (Å²) in [5.74, 6) is 0.949. The third-order valence-corrected chi connectivity index (χ3v) is 2.71. The van der Waals surface area contributed by atoms with Crippen LogP contribution >= 0.6 is 0 Å². The summed E-state index contributed by atoms with van der Waals surface area (Å²) in [6, 6.07) is 3.02. The molecule has 0 aliphatic carbocycles. The van der Waals surface area contributed by atoms with Gasteiger partial charge in [0.05, 0.1) is 24.8 Å². The molecular weight excluding hydrogens is 236 g/mol. The van der Waals surface area contributed by atoms with Gasteiger partial charge < -0.3 is 19.6 Å². The number of pyridine rings is 1. The Balaban J connectivity index is 1.84. The van der Waals surface area contributed by atoms with E-state index in [1.165, 1.54) is 6.07 Å². The van der Waals surface area contributed by atoms with Gasteiger partial charge in [-0.25, -0.2) is 0 Å².